The fraction of sp³-hybridized carbons (Fsp3) is 0. The number of amides is 1. The van der Waals surface area contributed by atoms with Gasteiger partial charge in [-0.05, 0) is 77.9 Å². The van der Waals surface area contributed by atoms with Gasteiger partial charge in [0, 0.05) is 11.3 Å². The average molecular weight is 560 g/mol. The molecule has 0 aliphatic heterocycles. The first-order chi connectivity index (χ1) is 17.8. The Kier molecular flexibility index (Phi) is 7.18. The molecule has 1 amide bonds. The molecular formula is C25H19F2N3O6S2. The third-order valence-corrected chi connectivity index (χ3v) is 7.65. The minimum absolute atomic E-state index is 0.157. The van der Waals surface area contributed by atoms with E-state index in [1.54, 1.807) is 0 Å². The number of benzene rings is 4. The topological polar surface area (TPSA) is 156 Å². The van der Waals surface area contributed by atoms with Crippen LogP contribution in [0.4, 0.5) is 20.2 Å². The van der Waals surface area contributed by atoms with E-state index in [0.717, 1.165) is 36.4 Å². The summed E-state index contributed by atoms with van der Waals surface area (Å²) in [7, 11) is -8.43. The van der Waals surface area contributed by atoms with E-state index in [1.807, 2.05) is 0 Å². The number of primary sulfonamides is 1. The fourth-order valence-electron chi connectivity index (χ4n) is 3.43. The Hall–Kier alpha value is -4.33. The zero-order valence-corrected chi connectivity index (χ0v) is 20.9. The predicted molar refractivity (Wildman–Crippen MR) is 136 cm³/mol. The quantitative estimate of drug-likeness (QED) is 0.198. The van der Waals surface area contributed by atoms with Crippen molar-refractivity contribution in [2.75, 3.05) is 10.0 Å². The Labute approximate surface area is 216 Å². The van der Waals surface area contributed by atoms with Gasteiger partial charge < -0.3 is 10.4 Å². The summed E-state index contributed by atoms with van der Waals surface area (Å²) in [6.07, 6.45) is 0. The van der Waals surface area contributed by atoms with E-state index in [-0.39, 0.29) is 21.8 Å². The van der Waals surface area contributed by atoms with Crippen molar-refractivity contribution in [1.82, 2.24) is 0 Å². The minimum Gasteiger partial charge on any atom is -0.506 e. The lowest BCUT2D eigenvalue weighted by molar-refractivity contribution is 0.102. The van der Waals surface area contributed by atoms with E-state index >= 15 is 0 Å². The zero-order valence-electron chi connectivity index (χ0n) is 19.2. The smallest absolute Gasteiger partial charge is 0.262 e. The second kappa shape index (κ2) is 10.2. The molecule has 0 radical (unpaired) electrons. The van der Waals surface area contributed by atoms with Crippen molar-refractivity contribution in [3.05, 3.63) is 102 Å². The van der Waals surface area contributed by atoms with E-state index in [4.69, 9.17) is 5.14 Å². The summed E-state index contributed by atoms with van der Waals surface area (Å²) in [4.78, 5) is 11.8. The lowest BCUT2D eigenvalue weighted by atomic mass is 10.0. The number of anilines is 2. The number of hydrogen-bond acceptors (Lipinski definition) is 6. The summed E-state index contributed by atoms with van der Waals surface area (Å²) >= 11 is 0. The molecule has 0 bridgehead atoms. The Morgan fingerprint density at radius 1 is 0.789 bits per heavy atom. The van der Waals surface area contributed by atoms with Gasteiger partial charge in [0.15, 0.2) is 0 Å². The molecule has 0 aliphatic carbocycles. The Balaban J connectivity index is 1.52. The molecule has 0 heterocycles. The summed E-state index contributed by atoms with van der Waals surface area (Å²) in [5, 5.41) is 17.7. The van der Waals surface area contributed by atoms with Gasteiger partial charge in [-0.2, -0.15) is 0 Å². The molecule has 0 saturated heterocycles. The van der Waals surface area contributed by atoms with Gasteiger partial charge in [0.25, 0.3) is 15.9 Å². The van der Waals surface area contributed by atoms with Crippen LogP contribution in [0.1, 0.15) is 10.4 Å². The second-order valence-corrected chi connectivity index (χ2v) is 11.2. The van der Waals surface area contributed by atoms with E-state index in [9.17, 15) is 35.5 Å². The number of nitrogens with one attached hydrogen (secondary N) is 2. The Bertz CT molecular complexity index is 1740. The molecule has 0 unspecified atom stereocenters. The van der Waals surface area contributed by atoms with Gasteiger partial charge in [0.2, 0.25) is 10.0 Å². The highest BCUT2D eigenvalue weighted by molar-refractivity contribution is 7.92. The molecule has 38 heavy (non-hydrogen) atoms. The maximum Gasteiger partial charge on any atom is 0.262 e. The van der Waals surface area contributed by atoms with Gasteiger partial charge in [-0.3, -0.25) is 9.52 Å². The number of halogens is 2. The molecule has 0 fully saturated rings. The zero-order chi connectivity index (χ0) is 27.7. The highest BCUT2D eigenvalue weighted by Crippen LogP contribution is 2.30. The largest absolute Gasteiger partial charge is 0.506 e. The summed E-state index contributed by atoms with van der Waals surface area (Å²) in [6, 6.07) is 17.2. The van der Waals surface area contributed by atoms with Gasteiger partial charge in [-0.1, -0.05) is 18.2 Å². The molecule has 4 aromatic rings. The monoisotopic (exact) mass is 559 g/mol. The molecule has 9 nitrogen and oxygen atoms in total. The van der Waals surface area contributed by atoms with Gasteiger partial charge in [0.05, 0.1) is 10.6 Å². The van der Waals surface area contributed by atoms with Crippen LogP contribution in [0.5, 0.6) is 5.75 Å². The Morgan fingerprint density at radius 3 is 2.05 bits per heavy atom. The van der Waals surface area contributed by atoms with Crippen molar-refractivity contribution in [2.24, 2.45) is 5.14 Å². The van der Waals surface area contributed by atoms with Crippen molar-refractivity contribution in [3.63, 3.8) is 0 Å². The second-order valence-electron chi connectivity index (χ2n) is 8.01. The van der Waals surface area contributed by atoms with Crippen LogP contribution in [0.15, 0.2) is 94.7 Å². The van der Waals surface area contributed by atoms with Crippen LogP contribution in [0, 0.1) is 11.6 Å². The predicted octanol–water partition coefficient (Wildman–Crippen LogP) is 4.04. The van der Waals surface area contributed by atoms with Crippen molar-refractivity contribution in [1.29, 1.82) is 0 Å². The van der Waals surface area contributed by atoms with Crippen LogP contribution in [0.3, 0.4) is 0 Å². The van der Waals surface area contributed by atoms with Crippen molar-refractivity contribution >= 4 is 37.3 Å². The molecule has 5 N–H and O–H groups in total. The summed E-state index contributed by atoms with van der Waals surface area (Å²) in [5.41, 5.74) is 0.992. The third kappa shape index (κ3) is 5.96. The lowest BCUT2D eigenvalue weighted by Gasteiger charge is -2.12. The van der Waals surface area contributed by atoms with Gasteiger partial charge in [0.1, 0.15) is 22.3 Å². The molecule has 0 saturated carbocycles. The molecule has 4 rings (SSSR count). The van der Waals surface area contributed by atoms with E-state index in [1.165, 1.54) is 48.5 Å². The van der Waals surface area contributed by atoms with Crippen LogP contribution in [-0.2, 0) is 20.0 Å². The summed E-state index contributed by atoms with van der Waals surface area (Å²) in [5.74, 6) is -2.58. The number of carbonyl (C=O) groups is 1. The van der Waals surface area contributed by atoms with Crippen LogP contribution in [0.2, 0.25) is 0 Å². The first-order valence-corrected chi connectivity index (χ1v) is 13.7. The van der Waals surface area contributed by atoms with Crippen molar-refractivity contribution < 1.29 is 35.5 Å². The number of aromatic hydroxyl groups is 1. The Morgan fingerprint density at radius 2 is 1.42 bits per heavy atom. The number of carbonyl (C=O) groups excluding carboxylic acids is 1. The number of rotatable bonds is 7. The molecule has 0 aromatic heterocycles. The third-order valence-electron chi connectivity index (χ3n) is 5.34. The van der Waals surface area contributed by atoms with E-state index in [2.05, 4.69) is 10.0 Å². The van der Waals surface area contributed by atoms with Crippen molar-refractivity contribution in [2.45, 2.75) is 9.79 Å². The molecule has 0 aliphatic rings. The number of phenolic OH excluding ortho intramolecular Hbond substituents is 1. The molecular weight excluding hydrogens is 540 g/mol. The maximum atomic E-state index is 13.8. The van der Waals surface area contributed by atoms with Crippen LogP contribution < -0.4 is 15.2 Å². The fourth-order valence-corrected chi connectivity index (χ4v) is 5.13. The van der Waals surface area contributed by atoms with E-state index in [0.29, 0.717) is 11.1 Å². The van der Waals surface area contributed by atoms with Gasteiger partial charge in [-0.15, -0.1) is 0 Å². The first kappa shape index (κ1) is 26.7. The SMILES string of the molecule is NS(=O)(=O)c1cc(-c2ccc(C(=O)Nc3ccc(O)c(NS(=O)(=O)c4ccc(F)cc4)c3)cc2)ccc1F. The normalized spacial score (nSPS) is 11.7. The maximum absolute atomic E-state index is 13.8. The number of sulfonamides is 2. The standard InChI is InChI=1S/C25H19F2N3O6S2/c26-18-6-9-20(10-7-18)38(35,36)30-22-14-19(8-12-23(22)31)29-25(32)16-3-1-15(2-4-16)17-5-11-21(27)24(13-17)37(28,33)34/h1-14,30-31H,(H,29,32)(H2,28,33,34). The highest BCUT2D eigenvalue weighted by atomic mass is 32.2. The molecule has 196 valence electrons. The van der Waals surface area contributed by atoms with E-state index < -0.39 is 48.2 Å². The average Bonchev–Trinajstić information content (AvgIpc) is 2.86. The van der Waals surface area contributed by atoms with Crippen LogP contribution >= 0.6 is 0 Å². The molecule has 0 spiro atoms. The lowest BCUT2D eigenvalue weighted by Crippen LogP contribution is -2.15. The van der Waals surface area contributed by atoms with Crippen LogP contribution in [-0.4, -0.2) is 27.8 Å². The molecule has 0 atom stereocenters. The number of hydrogen-bond donors (Lipinski definition) is 4. The highest BCUT2D eigenvalue weighted by Gasteiger charge is 2.18. The summed E-state index contributed by atoms with van der Waals surface area (Å²) in [6.45, 7) is 0. The minimum atomic E-state index is -4.27. The molecule has 13 heteroatoms. The van der Waals surface area contributed by atoms with Gasteiger partial charge in [-0.25, -0.2) is 30.8 Å². The van der Waals surface area contributed by atoms with Crippen molar-refractivity contribution in [3.8, 4) is 16.9 Å². The first-order valence-electron chi connectivity index (χ1n) is 10.7. The van der Waals surface area contributed by atoms with Crippen LogP contribution in [0.25, 0.3) is 11.1 Å². The van der Waals surface area contributed by atoms with Gasteiger partial charge >= 0.3 is 0 Å². The molecule has 4 aromatic carbocycles. The number of phenols is 1. The summed E-state index contributed by atoms with van der Waals surface area (Å²) < 4.78 is 77.4. The number of nitrogens with two attached hydrogens (primary N) is 1.